The zero-order chi connectivity index (χ0) is 13.0. The second-order valence-electron chi connectivity index (χ2n) is 4.99. The van der Waals surface area contributed by atoms with Crippen LogP contribution in [0.1, 0.15) is 32.0 Å². The molecule has 1 N–H and O–H groups in total. The first-order chi connectivity index (χ1) is 8.67. The standard InChI is InChI=1S/C13H21ClN4/c1-3-5-12-16-11(14)8-13(17-12)15-10-6-4-7-18(2)9-10/h8,10H,3-7,9H2,1-2H3,(H,15,16,17). The molecule has 1 saturated heterocycles. The van der Waals surface area contributed by atoms with Crippen LogP contribution in [0.15, 0.2) is 6.07 Å². The van der Waals surface area contributed by atoms with Crippen LogP contribution >= 0.6 is 11.6 Å². The molecule has 4 nitrogen and oxygen atoms in total. The van der Waals surface area contributed by atoms with Gasteiger partial charge in [0.1, 0.15) is 16.8 Å². The van der Waals surface area contributed by atoms with Gasteiger partial charge < -0.3 is 10.2 Å². The molecule has 5 heteroatoms. The number of aromatic nitrogens is 2. The molecule has 100 valence electrons. The van der Waals surface area contributed by atoms with Crippen LogP contribution in [0.5, 0.6) is 0 Å². The number of hydrogen-bond donors (Lipinski definition) is 1. The number of halogens is 1. The van der Waals surface area contributed by atoms with Crippen molar-refractivity contribution in [3.8, 4) is 0 Å². The number of likely N-dealkylation sites (N-methyl/N-ethyl adjacent to an activating group) is 1. The van der Waals surface area contributed by atoms with Crippen molar-refractivity contribution >= 4 is 17.4 Å². The molecule has 1 fully saturated rings. The molecule has 2 heterocycles. The quantitative estimate of drug-likeness (QED) is 0.853. The van der Waals surface area contributed by atoms with Gasteiger partial charge in [0, 0.05) is 25.1 Å². The van der Waals surface area contributed by atoms with Gasteiger partial charge in [0.05, 0.1) is 0 Å². The van der Waals surface area contributed by atoms with Crippen molar-refractivity contribution < 1.29 is 0 Å². The summed E-state index contributed by atoms with van der Waals surface area (Å²) in [6, 6.07) is 2.28. The van der Waals surface area contributed by atoms with E-state index in [1.165, 1.54) is 19.4 Å². The summed E-state index contributed by atoms with van der Waals surface area (Å²) < 4.78 is 0. The summed E-state index contributed by atoms with van der Waals surface area (Å²) in [7, 11) is 2.16. The molecular weight excluding hydrogens is 248 g/mol. The molecule has 0 amide bonds. The average Bonchev–Trinajstić information content (AvgIpc) is 2.28. The first kappa shape index (κ1) is 13.6. The number of hydrogen-bond acceptors (Lipinski definition) is 4. The zero-order valence-corrected chi connectivity index (χ0v) is 11.9. The van der Waals surface area contributed by atoms with Gasteiger partial charge >= 0.3 is 0 Å². The summed E-state index contributed by atoms with van der Waals surface area (Å²) in [6.07, 6.45) is 4.33. The van der Waals surface area contributed by atoms with Crippen molar-refractivity contribution in [3.63, 3.8) is 0 Å². The van der Waals surface area contributed by atoms with Crippen molar-refractivity contribution in [3.05, 3.63) is 17.0 Å². The van der Waals surface area contributed by atoms with E-state index in [2.05, 4.69) is 34.2 Å². The highest BCUT2D eigenvalue weighted by molar-refractivity contribution is 6.29. The third kappa shape index (κ3) is 3.82. The Morgan fingerprint density at radius 2 is 2.33 bits per heavy atom. The molecule has 0 saturated carbocycles. The molecule has 1 aromatic rings. The lowest BCUT2D eigenvalue weighted by atomic mass is 10.1. The molecule has 0 spiro atoms. The van der Waals surface area contributed by atoms with Crippen molar-refractivity contribution in [2.75, 3.05) is 25.5 Å². The van der Waals surface area contributed by atoms with Gasteiger partial charge in [0.15, 0.2) is 0 Å². The molecule has 1 unspecified atom stereocenters. The second-order valence-corrected chi connectivity index (χ2v) is 5.38. The Labute approximate surface area is 114 Å². The van der Waals surface area contributed by atoms with E-state index in [1.807, 2.05) is 6.07 Å². The predicted molar refractivity (Wildman–Crippen MR) is 75.2 cm³/mol. The number of anilines is 1. The monoisotopic (exact) mass is 268 g/mol. The Kier molecular flexibility index (Phi) is 4.78. The molecule has 0 radical (unpaired) electrons. The summed E-state index contributed by atoms with van der Waals surface area (Å²) in [4.78, 5) is 11.1. The molecular formula is C13H21ClN4. The number of likely N-dealkylation sites (tertiary alicyclic amines) is 1. The SMILES string of the molecule is CCCc1nc(Cl)cc(NC2CCCN(C)C2)n1. The predicted octanol–water partition coefficient (Wildman–Crippen LogP) is 2.59. The molecule has 0 aliphatic carbocycles. The van der Waals surface area contributed by atoms with Gasteiger partial charge in [-0.1, -0.05) is 18.5 Å². The van der Waals surface area contributed by atoms with E-state index < -0.39 is 0 Å². The minimum atomic E-state index is 0.462. The van der Waals surface area contributed by atoms with Crippen molar-refractivity contribution in [1.82, 2.24) is 14.9 Å². The maximum absolute atomic E-state index is 6.03. The molecule has 2 rings (SSSR count). The van der Waals surface area contributed by atoms with E-state index in [9.17, 15) is 0 Å². The average molecular weight is 269 g/mol. The molecule has 0 bridgehead atoms. The Balaban J connectivity index is 2.03. The number of aryl methyl sites for hydroxylation is 1. The minimum absolute atomic E-state index is 0.462. The highest BCUT2D eigenvalue weighted by Crippen LogP contribution is 2.17. The van der Waals surface area contributed by atoms with Crippen LogP contribution in [0.25, 0.3) is 0 Å². The van der Waals surface area contributed by atoms with Gasteiger partial charge in [0.25, 0.3) is 0 Å². The lowest BCUT2D eigenvalue weighted by molar-refractivity contribution is 0.260. The summed E-state index contributed by atoms with van der Waals surface area (Å²) in [5.74, 6) is 1.69. The van der Waals surface area contributed by atoms with E-state index in [-0.39, 0.29) is 0 Å². The van der Waals surface area contributed by atoms with E-state index >= 15 is 0 Å². The van der Waals surface area contributed by atoms with Crippen molar-refractivity contribution in [1.29, 1.82) is 0 Å². The van der Waals surface area contributed by atoms with E-state index in [0.717, 1.165) is 31.0 Å². The lowest BCUT2D eigenvalue weighted by Gasteiger charge is -2.30. The molecule has 0 aromatic carbocycles. The largest absolute Gasteiger partial charge is 0.366 e. The van der Waals surface area contributed by atoms with Crippen LogP contribution in [-0.4, -0.2) is 41.0 Å². The Morgan fingerprint density at radius 1 is 1.50 bits per heavy atom. The maximum atomic E-state index is 6.03. The van der Waals surface area contributed by atoms with Crippen LogP contribution in [-0.2, 0) is 6.42 Å². The van der Waals surface area contributed by atoms with Gasteiger partial charge in [0.2, 0.25) is 0 Å². The zero-order valence-electron chi connectivity index (χ0n) is 11.1. The Bertz CT molecular complexity index is 397. The molecule has 18 heavy (non-hydrogen) atoms. The van der Waals surface area contributed by atoms with Gasteiger partial charge in [-0.05, 0) is 32.9 Å². The maximum Gasteiger partial charge on any atom is 0.134 e. The highest BCUT2D eigenvalue weighted by Gasteiger charge is 2.17. The lowest BCUT2D eigenvalue weighted by Crippen LogP contribution is -2.39. The number of rotatable bonds is 4. The third-order valence-electron chi connectivity index (χ3n) is 3.19. The van der Waals surface area contributed by atoms with Gasteiger partial charge in [-0.3, -0.25) is 0 Å². The topological polar surface area (TPSA) is 41.1 Å². The fourth-order valence-corrected chi connectivity index (χ4v) is 2.57. The van der Waals surface area contributed by atoms with Crippen LogP contribution in [0.4, 0.5) is 5.82 Å². The fourth-order valence-electron chi connectivity index (χ4n) is 2.37. The molecule has 1 aromatic heterocycles. The molecule has 1 atom stereocenters. The number of nitrogens with zero attached hydrogens (tertiary/aromatic N) is 3. The van der Waals surface area contributed by atoms with Crippen LogP contribution in [0.3, 0.4) is 0 Å². The van der Waals surface area contributed by atoms with Crippen LogP contribution in [0, 0.1) is 0 Å². The van der Waals surface area contributed by atoms with Gasteiger partial charge in [-0.15, -0.1) is 0 Å². The first-order valence-corrected chi connectivity index (χ1v) is 7.03. The van der Waals surface area contributed by atoms with Crippen LogP contribution in [0.2, 0.25) is 5.15 Å². The van der Waals surface area contributed by atoms with Crippen molar-refractivity contribution in [2.45, 2.75) is 38.6 Å². The van der Waals surface area contributed by atoms with Crippen LogP contribution < -0.4 is 5.32 Å². The Morgan fingerprint density at radius 3 is 3.06 bits per heavy atom. The fraction of sp³-hybridized carbons (Fsp3) is 0.692. The van der Waals surface area contributed by atoms with Gasteiger partial charge in [-0.2, -0.15) is 0 Å². The summed E-state index contributed by atoms with van der Waals surface area (Å²) in [5, 5.41) is 4.00. The number of nitrogens with one attached hydrogen (secondary N) is 1. The van der Waals surface area contributed by atoms with E-state index in [4.69, 9.17) is 11.6 Å². The smallest absolute Gasteiger partial charge is 0.134 e. The first-order valence-electron chi connectivity index (χ1n) is 6.66. The minimum Gasteiger partial charge on any atom is -0.366 e. The van der Waals surface area contributed by atoms with Crippen molar-refractivity contribution in [2.24, 2.45) is 0 Å². The van der Waals surface area contributed by atoms with Gasteiger partial charge in [-0.25, -0.2) is 9.97 Å². The molecule has 1 aliphatic heterocycles. The summed E-state index contributed by atoms with van der Waals surface area (Å²) in [6.45, 7) is 4.36. The summed E-state index contributed by atoms with van der Waals surface area (Å²) in [5.41, 5.74) is 0. The summed E-state index contributed by atoms with van der Waals surface area (Å²) >= 11 is 6.03. The molecule has 1 aliphatic rings. The van der Waals surface area contributed by atoms with E-state index in [1.54, 1.807) is 0 Å². The highest BCUT2D eigenvalue weighted by atomic mass is 35.5. The normalized spacial score (nSPS) is 20.9. The third-order valence-corrected chi connectivity index (χ3v) is 3.38. The number of piperidine rings is 1. The Hall–Kier alpha value is -0.870. The van der Waals surface area contributed by atoms with E-state index in [0.29, 0.717) is 11.2 Å². The second kappa shape index (κ2) is 6.34.